The summed E-state index contributed by atoms with van der Waals surface area (Å²) in [6.45, 7) is 0. The van der Waals surface area contributed by atoms with Gasteiger partial charge in [0.25, 0.3) is 0 Å². The Morgan fingerprint density at radius 1 is 1.06 bits per heavy atom. The van der Waals surface area contributed by atoms with Gasteiger partial charge in [-0.3, -0.25) is 9.38 Å². The van der Waals surface area contributed by atoms with Gasteiger partial charge in [0.2, 0.25) is 5.78 Å². The summed E-state index contributed by atoms with van der Waals surface area (Å²) in [7, 11) is 0. The highest BCUT2D eigenvalue weighted by molar-refractivity contribution is 5.89. The van der Waals surface area contributed by atoms with Crippen LogP contribution in [0.15, 0.2) is 42.7 Å². The molecule has 1 N–H and O–H groups in total. The summed E-state index contributed by atoms with van der Waals surface area (Å²) in [5, 5.41) is 0. The van der Waals surface area contributed by atoms with Gasteiger partial charge in [-0.1, -0.05) is 12.1 Å². The van der Waals surface area contributed by atoms with Gasteiger partial charge in [-0.15, -0.1) is 0 Å². The molecule has 0 amide bonds. The van der Waals surface area contributed by atoms with Gasteiger partial charge in [0.15, 0.2) is 0 Å². The maximum absolute atomic E-state index is 4.52. The average molecular weight is 208 g/mol. The van der Waals surface area contributed by atoms with Gasteiger partial charge in [-0.05, 0) is 18.2 Å². The Hall–Kier alpha value is -2.36. The Labute approximate surface area is 90.6 Å². The molecule has 3 aromatic heterocycles. The van der Waals surface area contributed by atoms with E-state index in [0.717, 1.165) is 27.8 Å². The molecule has 4 aromatic rings. The topological polar surface area (TPSA) is 46.0 Å². The van der Waals surface area contributed by atoms with Gasteiger partial charge in [0.05, 0.1) is 28.3 Å². The zero-order valence-corrected chi connectivity index (χ0v) is 8.38. The number of pyridine rings is 1. The lowest BCUT2D eigenvalue weighted by Crippen LogP contribution is -1.80. The van der Waals surface area contributed by atoms with E-state index >= 15 is 0 Å². The molecule has 0 saturated carbocycles. The van der Waals surface area contributed by atoms with E-state index in [0.29, 0.717) is 0 Å². The van der Waals surface area contributed by atoms with E-state index < -0.39 is 0 Å². The van der Waals surface area contributed by atoms with Crippen molar-refractivity contribution in [3.8, 4) is 0 Å². The lowest BCUT2D eigenvalue weighted by molar-refractivity contribution is 1.26. The molecule has 0 aliphatic rings. The molecule has 0 aliphatic heterocycles. The summed E-state index contributed by atoms with van der Waals surface area (Å²) in [5.41, 5.74) is 4.23. The Morgan fingerprint density at radius 2 is 2.00 bits per heavy atom. The molecule has 1 aromatic carbocycles. The number of benzene rings is 1. The zero-order chi connectivity index (χ0) is 10.5. The first-order chi connectivity index (χ1) is 7.93. The molecule has 0 unspecified atom stereocenters. The number of nitrogens with zero attached hydrogens (tertiary/aromatic N) is 3. The number of para-hydroxylation sites is 2. The molecule has 16 heavy (non-hydrogen) atoms. The van der Waals surface area contributed by atoms with E-state index in [4.69, 9.17) is 0 Å². The summed E-state index contributed by atoms with van der Waals surface area (Å²) in [6.07, 6.45) is 3.60. The van der Waals surface area contributed by atoms with Crippen LogP contribution in [0.25, 0.3) is 27.8 Å². The van der Waals surface area contributed by atoms with Crippen LogP contribution in [-0.4, -0.2) is 19.4 Å². The van der Waals surface area contributed by atoms with Crippen LogP contribution in [0.2, 0.25) is 0 Å². The molecule has 3 heterocycles. The Morgan fingerprint density at radius 3 is 3.00 bits per heavy atom. The second-order valence-corrected chi connectivity index (χ2v) is 3.78. The maximum atomic E-state index is 4.52. The monoisotopic (exact) mass is 208 g/mol. The van der Waals surface area contributed by atoms with Crippen LogP contribution >= 0.6 is 0 Å². The number of H-pyrrole nitrogens is 1. The van der Waals surface area contributed by atoms with Crippen molar-refractivity contribution in [1.82, 2.24) is 19.4 Å². The van der Waals surface area contributed by atoms with Crippen molar-refractivity contribution in [1.29, 1.82) is 0 Å². The predicted molar refractivity (Wildman–Crippen MR) is 62.3 cm³/mol. The number of aromatic nitrogens is 4. The minimum Gasteiger partial charge on any atom is -0.323 e. The summed E-state index contributed by atoms with van der Waals surface area (Å²) in [6, 6.07) is 10.1. The summed E-state index contributed by atoms with van der Waals surface area (Å²) >= 11 is 0. The van der Waals surface area contributed by atoms with Crippen LogP contribution in [0.4, 0.5) is 0 Å². The third-order valence-electron chi connectivity index (χ3n) is 2.85. The third kappa shape index (κ3) is 0.839. The van der Waals surface area contributed by atoms with Gasteiger partial charge in [-0.25, -0.2) is 4.98 Å². The lowest BCUT2D eigenvalue weighted by atomic mass is 10.3. The van der Waals surface area contributed by atoms with Gasteiger partial charge in [-0.2, -0.15) is 0 Å². The van der Waals surface area contributed by atoms with Crippen molar-refractivity contribution in [2.45, 2.75) is 0 Å². The van der Waals surface area contributed by atoms with Crippen LogP contribution in [0, 0.1) is 0 Å². The average Bonchev–Trinajstić information content (AvgIpc) is 2.83. The summed E-state index contributed by atoms with van der Waals surface area (Å²) < 4.78 is 2.09. The minimum atomic E-state index is 0.865. The molecule has 4 heteroatoms. The standard InChI is InChI=1S/C12H8N4/c1-2-4-10-8(3-1)14-12-15-9-5-6-13-7-11(9)16(10)12/h1-7H,(H,14,15). The van der Waals surface area contributed by atoms with Crippen LogP contribution in [0.1, 0.15) is 0 Å². The fourth-order valence-electron chi connectivity index (χ4n) is 2.15. The van der Waals surface area contributed by atoms with Crippen molar-refractivity contribution in [3.63, 3.8) is 0 Å². The van der Waals surface area contributed by atoms with E-state index in [1.807, 2.05) is 30.5 Å². The van der Waals surface area contributed by atoms with E-state index in [9.17, 15) is 0 Å². The normalized spacial score (nSPS) is 11.8. The molecule has 0 saturated heterocycles. The molecule has 0 radical (unpaired) electrons. The second-order valence-electron chi connectivity index (χ2n) is 3.78. The summed E-state index contributed by atoms with van der Waals surface area (Å²) in [4.78, 5) is 12.0. The maximum Gasteiger partial charge on any atom is 0.213 e. The molecule has 4 nitrogen and oxygen atoms in total. The van der Waals surface area contributed by atoms with Gasteiger partial charge < -0.3 is 4.98 Å². The Kier molecular flexibility index (Phi) is 1.28. The number of aromatic amines is 1. The van der Waals surface area contributed by atoms with Crippen molar-refractivity contribution in [2.75, 3.05) is 0 Å². The Balaban J connectivity index is 2.38. The molecule has 0 bridgehead atoms. The SMILES string of the molecule is c1ccc2c(c1)[nH]c1nc3ccncc3n12. The van der Waals surface area contributed by atoms with Crippen molar-refractivity contribution >= 4 is 27.8 Å². The number of fused-ring (bicyclic) bond motifs is 5. The van der Waals surface area contributed by atoms with Crippen LogP contribution in [0.5, 0.6) is 0 Å². The number of imidazole rings is 2. The van der Waals surface area contributed by atoms with Crippen molar-refractivity contribution < 1.29 is 0 Å². The van der Waals surface area contributed by atoms with Gasteiger partial charge in [0.1, 0.15) is 0 Å². The largest absolute Gasteiger partial charge is 0.323 e. The van der Waals surface area contributed by atoms with Crippen LogP contribution in [0.3, 0.4) is 0 Å². The van der Waals surface area contributed by atoms with E-state index in [1.165, 1.54) is 0 Å². The zero-order valence-electron chi connectivity index (χ0n) is 8.38. The van der Waals surface area contributed by atoms with Gasteiger partial charge in [0, 0.05) is 6.20 Å². The highest BCUT2D eigenvalue weighted by atomic mass is 15.1. The lowest BCUT2D eigenvalue weighted by Gasteiger charge is -1.92. The number of rotatable bonds is 0. The Bertz CT molecular complexity index is 744. The highest BCUT2D eigenvalue weighted by Crippen LogP contribution is 2.21. The van der Waals surface area contributed by atoms with Crippen molar-refractivity contribution in [2.24, 2.45) is 0 Å². The van der Waals surface area contributed by atoms with E-state index in [-0.39, 0.29) is 0 Å². The fraction of sp³-hybridized carbons (Fsp3) is 0. The number of hydrogen-bond acceptors (Lipinski definition) is 2. The molecule has 76 valence electrons. The van der Waals surface area contributed by atoms with E-state index in [1.54, 1.807) is 6.20 Å². The second kappa shape index (κ2) is 2.61. The molecular formula is C12H8N4. The summed E-state index contributed by atoms with van der Waals surface area (Å²) in [5.74, 6) is 0.865. The fourth-order valence-corrected chi connectivity index (χ4v) is 2.15. The quantitative estimate of drug-likeness (QED) is 0.482. The minimum absolute atomic E-state index is 0.865. The first kappa shape index (κ1) is 7.87. The third-order valence-corrected chi connectivity index (χ3v) is 2.85. The van der Waals surface area contributed by atoms with Gasteiger partial charge >= 0.3 is 0 Å². The van der Waals surface area contributed by atoms with Crippen LogP contribution in [-0.2, 0) is 0 Å². The number of nitrogens with one attached hydrogen (secondary N) is 1. The van der Waals surface area contributed by atoms with E-state index in [2.05, 4.69) is 25.4 Å². The highest BCUT2D eigenvalue weighted by Gasteiger charge is 2.09. The molecule has 0 fully saturated rings. The first-order valence-electron chi connectivity index (χ1n) is 5.12. The predicted octanol–water partition coefficient (Wildman–Crippen LogP) is 2.36. The van der Waals surface area contributed by atoms with Crippen LogP contribution < -0.4 is 0 Å². The molecule has 0 aliphatic carbocycles. The van der Waals surface area contributed by atoms with Crippen molar-refractivity contribution in [3.05, 3.63) is 42.7 Å². The molecule has 4 rings (SSSR count). The first-order valence-corrected chi connectivity index (χ1v) is 5.12. The molecular weight excluding hydrogens is 200 g/mol. The molecule has 0 spiro atoms. The molecule has 0 atom stereocenters. The smallest absolute Gasteiger partial charge is 0.213 e. The number of hydrogen-bond donors (Lipinski definition) is 1.